The first kappa shape index (κ1) is 27.5. The van der Waals surface area contributed by atoms with Gasteiger partial charge < -0.3 is 5.32 Å². The van der Waals surface area contributed by atoms with Gasteiger partial charge in [-0.05, 0) is 42.7 Å². The monoisotopic (exact) mass is 519 g/mol. The molecule has 2 aromatic rings. The van der Waals surface area contributed by atoms with Gasteiger partial charge in [0, 0.05) is 37.7 Å². The number of hydrogen-bond acceptors (Lipinski definition) is 4. The first-order chi connectivity index (χ1) is 16.4. The van der Waals surface area contributed by atoms with Crippen molar-refractivity contribution in [3.05, 3.63) is 54.1 Å². The molecule has 0 aromatic heterocycles. The van der Waals surface area contributed by atoms with Crippen LogP contribution in [-0.2, 0) is 21.4 Å². The molecule has 1 saturated heterocycles. The highest BCUT2D eigenvalue weighted by Gasteiger charge is 2.24. The second-order valence-corrected chi connectivity index (χ2v) is 11.7. The average Bonchev–Trinajstić information content (AvgIpc) is 2.82. The summed E-state index contributed by atoms with van der Waals surface area (Å²) in [5, 5.41) is 3.27. The Kier molecular flexibility index (Phi) is 10.0. The van der Waals surface area contributed by atoms with E-state index in [2.05, 4.69) is 14.9 Å². The molecule has 2 aliphatic rings. The second kappa shape index (κ2) is 12.7. The van der Waals surface area contributed by atoms with Crippen LogP contribution in [-0.4, -0.2) is 44.6 Å². The van der Waals surface area contributed by atoms with Crippen LogP contribution >= 0.6 is 12.4 Å². The van der Waals surface area contributed by atoms with Gasteiger partial charge in [-0.25, -0.2) is 8.42 Å². The molecule has 2 fully saturated rings. The number of likely N-dealkylation sites (tertiary alicyclic amines) is 1. The van der Waals surface area contributed by atoms with E-state index in [1.807, 2.05) is 48.5 Å². The van der Waals surface area contributed by atoms with Gasteiger partial charge in [0.1, 0.15) is 0 Å². The minimum Gasteiger partial charge on any atom is -0.353 e. The molecule has 35 heavy (non-hydrogen) atoms. The molecule has 0 spiro atoms. The van der Waals surface area contributed by atoms with Crippen molar-refractivity contribution in [2.45, 2.75) is 64.0 Å². The van der Waals surface area contributed by atoms with Crippen molar-refractivity contribution >= 4 is 34.0 Å². The molecule has 1 aliphatic carbocycles. The van der Waals surface area contributed by atoms with E-state index in [4.69, 9.17) is 0 Å². The summed E-state index contributed by atoms with van der Waals surface area (Å²) < 4.78 is 27.1. The van der Waals surface area contributed by atoms with E-state index in [-0.39, 0.29) is 24.4 Å². The number of nitrogens with one attached hydrogen (secondary N) is 2. The van der Waals surface area contributed by atoms with Gasteiger partial charge in [0.15, 0.2) is 0 Å². The molecule has 0 radical (unpaired) electrons. The number of piperidine rings is 1. The summed E-state index contributed by atoms with van der Waals surface area (Å²) in [5.41, 5.74) is 3.48. The van der Waals surface area contributed by atoms with Gasteiger partial charge in [0.25, 0.3) is 0 Å². The molecule has 192 valence electrons. The Morgan fingerprint density at radius 3 is 2.29 bits per heavy atom. The SMILES string of the molecule is CS(=O)(=O)Nc1c(CN2CCC(NC(=O)CC3CCCCC3)CC2)cccc1-c1ccccc1.Cl. The molecule has 2 aromatic carbocycles. The Balaban J connectivity index is 0.00000342. The standard InChI is InChI=1S/C27H37N3O3S.ClH/c1-34(32,33)29-27-23(13-8-14-25(27)22-11-6-3-7-12-22)20-30-17-15-24(16-18-30)28-26(31)19-21-9-4-2-5-10-21;/h3,6-8,11-14,21,24,29H,2,4-5,9-10,15-20H2,1H3,(H,28,31);1H. The summed E-state index contributed by atoms with van der Waals surface area (Å²) in [5.74, 6) is 0.770. The third kappa shape index (κ3) is 8.23. The number of anilines is 1. The maximum absolute atomic E-state index is 12.5. The zero-order valence-corrected chi connectivity index (χ0v) is 22.2. The van der Waals surface area contributed by atoms with Crippen molar-refractivity contribution < 1.29 is 13.2 Å². The fraction of sp³-hybridized carbons (Fsp3) is 0.519. The zero-order valence-electron chi connectivity index (χ0n) is 20.5. The molecule has 0 atom stereocenters. The van der Waals surface area contributed by atoms with E-state index in [1.54, 1.807) is 0 Å². The van der Waals surface area contributed by atoms with E-state index in [9.17, 15) is 13.2 Å². The lowest BCUT2D eigenvalue weighted by Crippen LogP contribution is -2.44. The summed E-state index contributed by atoms with van der Waals surface area (Å²) in [6.45, 7) is 2.42. The fourth-order valence-corrected chi connectivity index (χ4v) is 5.92. The molecule has 1 saturated carbocycles. The molecule has 1 heterocycles. The minimum atomic E-state index is -3.42. The predicted octanol–water partition coefficient (Wildman–Crippen LogP) is 5.20. The van der Waals surface area contributed by atoms with Crippen molar-refractivity contribution in [3.8, 4) is 11.1 Å². The van der Waals surface area contributed by atoms with Crippen LogP contribution in [0.4, 0.5) is 5.69 Å². The normalized spacial score (nSPS) is 18.0. The number of amides is 1. The van der Waals surface area contributed by atoms with Crippen LogP contribution in [0.5, 0.6) is 0 Å². The minimum absolute atomic E-state index is 0. The van der Waals surface area contributed by atoms with Crippen LogP contribution in [0.25, 0.3) is 11.1 Å². The lowest BCUT2D eigenvalue weighted by atomic mass is 9.86. The zero-order chi connectivity index (χ0) is 24.0. The number of sulfonamides is 1. The van der Waals surface area contributed by atoms with Gasteiger partial charge in [0.05, 0.1) is 11.9 Å². The number of benzene rings is 2. The smallest absolute Gasteiger partial charge is 0.229 e. The van der Waals surface area contributed by atoms with Gasteiger partial charge in [-0.15, -0.1) is 12.4 Å². The van der Waals surface area contributed by atoms with E-state index >= 15 is 0 Å². The van der Waals surface area contributed by atoms with Crippen molar-refractivity contribution in [2.75, 3.05) is 24.1 Å². The van der Waals surface area contributed by atoms with Crippen molar-refractivity contribution in [1.29, 1.82) is 0 Å². The second-order valence-electron chi connectivity index (χ2n) is 9.91. The molecule has 0 bridgehead atoms. The van der Waals surface area contributed by atoms with Gasteiger partial charge in [0.2, 0.25) is 15.9 Å². The maximum Gasteiger partial charge on any atom is 0.229 e. The predicted molar refractivity (Wildman–Crippen MR) is 145 cm³/mol. The molecular formula is C27H38ClN3O3S. The maximum atomic E-state index is 12.5. The Hall–Kier alpha value is -2.09. The molecular weight excluding hydrogens is 482 g/mol. The number of para-hydroxylation sites is 1. The lowest BCUT2D eigenvalue weighted by molar-refractivity contribution is -0.123. The van der Waals surface area contributed by atoms with Crippen LogP contribution < -0.4 is 10.0 Å². The number of carbonyl (C=O) groups excluding carboxylic acids is 1. The van der Waals surface area contributed by atoms with Crippen molar-refractivity contribution in [2.24, 2.45) is 5.92 Å². The first-order valence-corrected chi connectivity index (χ1v) is 14.4. The summed E-state index contributed by atoms with van der Waals surface area (Å²) in [4.78, 5) is 14.9. The summed E-state index contributed by atoms with van der Waals surface area (Å²) >= 11 is 0. The molecule has 1 aliphatic heterocycles. The topological polar surface area (TPSA) is 78.5 Å². The first-order valence-electron chi connectivity index (χ1n) is 12.5. The Bertz CT molecular complexity index is 1060. The van der Waals surface area contributed by atoms with E-state index in [0.717, 1.165) is 42.6 Å². The van der Waals surface area contributed by atoms with Crippen LogP contribution in [0.3, 0.4) is 0 Å². The van der Waals surface area contributed by atoms with Crippen LogP contribution in [0.1, 0.15) is 56.9 Å². The number of hydrogen-bond donors (Lipinski definition) is 2. The van der Waals surface area contributed by atoms with Gasteiger partial charge in [-0.3, -0.25) is 14.4 Å². The average molecular weight is 520 g/mol. The summed E-state index contributed by atoms with van der Waals surface area (Å²) in [6.07, 6.45) is 9.93. The highest BCUT2D eigenvalue weighted by atomic mass is 35.5. The summed E-state index contributed by atoms with van der Waals surface area (Å²) in [6, 6.07) is 16.0. The Morgan fingerprint density at radius 2 is 1.63 bits per heavy atom. The molecule has 0 unspecified atom stereocenters. The van der Waals surface area contributed by atoms with Gasteiger partial charge in [-0.1, -0.05) is 67.8 Å². The molecule has 4 rings (SSSR count). The third-order valence-corrected chi connectivity index (χ3v) is 7.64. The van der Waals surface area contributed by atoms with Gasteiger partial charge in [-0.2, -0.15) is 0 Å². The highest BCUT2D eigenvalue weighted by molar-refractivity contribution is 7.92. The van der Waals surface area contributed by atoms with E-state index in [0.29, 0.717) is 24.6 Å². The highest BCUT2D eigenvalue weighted by Crippen LogP contribution is 2.33. The number of rotatable bonds is 8. The number of carbonyl (C=O) groups is 1. The largest absolute Gasteiger partial charge is 0.353 e. The van der Waals surface area contributed by atoms with Crippen molar-refractivity contribution in [1.82, 2.24) is 10.2 Å². The number of halogens is 1. The lowest BCUT2D eigenvalue weighted by Gasteiger charge is -2.33. The van der Waals surface area contributed by atoms with E-state index in [1.165, 1.54) is 38.4 Å². The molecule has 8 heteroatoms. The fourth-order valence-electron chi connectivity index (χ4n) is 5.31. The third-order valence-electron chi connectivity index (χ3n) is 7.07. The van der Waals surface area contributed by atoms with Gasteiger partial charge >= 0.3 is 0 Å². The van der Waals surface area contributed by atoms with Crippen LogP contribution in [0.15, 0.2) is 48.5 Å². The quantitative estimate of drug-likeness (QED) is 0.502. The molecule has 2 N–H and O–H groups in total. The van der Waals surface area contributed by atoms with E-state index < -0.39 is 10.0 Å². The van der Waals surface area contributed by atoms with Crippen LogP contribution in [0.2, 0.25) is 0 Å². The summed E-state index contributed by atoms with van der Waals surface area (Å²) in [7, 11) is -3.42. The van der Waals surface area contributed by atoms with Crippen LogP contribution in [0, 0.1) is 5.92 Å². The molecule has 1 amide bonds. The Morgan fingerprint density at radius 1 is 0.943 bits per heavy atom. The van der Waals surface area contributed by atoms with Crippen molar-refractivity contribution in [3.63, 3.8) is 0 Å². The Labute approximate surface area is 216 Å². The number of nitrogens with zero attached hydrogens (tertiary/aromatic N) is 1. The molecule has 6 nitrogen and oxygen atoms in total.